The van der Waals surface area contributed by atoms with Crippen LogP contribution in [-0.2, 0) is 11.3 Å². The zero-order valence-electron chi connectivity index (χ0n) is 17.7. The van der Waals surface area contributed by atoms with E-state index >= 15 is 0 Å². The van der Waals surface area contributed by atoms with E-state index in [4.69, 9.17) is 19.2 Å². The van der Waals surface area contributed by atoms with Crippen LogP contribution in [0.15, 0.2) is 23.6 Å². The van der Waals surface area contributed by atoms with Crippen LogP contribution in [0.1, 0.15) is 26.5 Å². The van der Waals surface area contributed by atoms with Gasteiger partial charge in [0.25, 0.3) is 0 Å². The van der Waals surface area contributed by atoms with Gasteiger partial charge in [-0.05, 0) is 39.0 Å². The number of methoxy groups -OCH3 is 2. The van der Waals surface area contributed by atoms with E-state index in [1.807, 2.05) is 39.0 Å². The first-order valence-corrected chi connectivity index (χ1v) is 10.5. The molecule has 1 amide bonds. The second kappa shape index (κ2) is 9.00. The van der Waals surface area contributed by atoms with Crippen molar-refractivity contribution >= 4 is 17.4 Å². The Kier molecular flexibility index (Phi) is 6.64. The summed E-state index contributed by atoms with van der Waals surface area (Å²) in [5, 5.41) is 3.04. The second-order valence-corrected chi connectivity index (χ2v) is 8.82. The Morgan fingerprint density at radius 1 is 1.10 bits per heavy atom. The molecular weight excluding hydrogens is 390 g/mol. The summed E-state index contributed by atoms with van der Waals surface area (Å²) < 4.78 is 16.1. The second-order valence-electron chi connectivity index (χ2n) is 7.96. The molecule has 1 aliphatic rings. The number of piperazine rings is 1. The van der Waals surface area contributed by atoms with Gasteiger partial charge in [-0.2, -0.15) is 0 Å². The lowest BCUT2D eigenvalue weighted by Gasteiger charge is -2.35. The topological polar surface area (TPSA) is 64.1 Å². The molecule has 0 spiro atoms. The smallest absolute Gasteiger partial charge is 0.410 e. The Hall–Kier alpha value is -2.32. The molecule has 1 saturated heterocycles. The van der Waals surface area contributed by atoms with Gasteiger partial charge >= 0.3 is 6.09 Å². The van der Waals surface area contributed by atoms with Crippen LogP contribution < -0.4 is 9.47 Å². The third kappa shape index (κ3) is 5.61. The van der Waals surface area contributed by atoms with Crippen LogP contribution in [0.5, 0.6) is 11.5 Å². The molecule has 2 aromatic rings. The molecule has 1 fully saturated rings. The fraction of sp³-hybridized carbons (Fsp3) is 0.524. The van der Waals surface area contributed by atoms with E-state index in [2.05, 4.69) is 10.3 Å². The van der Waals surface area contributed by atoms with E-state index in [1.165, 1.54) is 0 Å². The van der Waals surface area contributed by atoms with Gasteiger partial charge in [0.1, 0.15) is 10.6 Å². The summed E-state index contributed by atoms with van der Waals surface area (Å²) >= 11 is 1.62. The summed E-state index contributed by atoms with van der Waals surface area (Å²) in [4.78, 5) is 21.1. The Morgan fingerprint density at radius 3 is 2.41 bits per heavy atom. The third-order valence-corrected chi connectivity index (χ3v) is 5.53. The van der Waals surface area contributed by atoms with Crippen LogP contribution in [0.25, 0.3) is 10.6 Å². The van der Waals surface area contributed by atoms with Crippen LogP contribution in [0, 0.1) is 0 Å². The van der Waals surface area contributed by atoms with Gasteiger partial charge in [-0.25, -0.2) is 9.78 Å². The number of hydrogen-bond donors (Lipinski definition) is 0. The van der Waals surface area contributed by atoms with Crippen LogP contribution in [0.3, 0.4) is 0 Å². The van der Waals surface area contributed by atoms with E-state index < -0.39 is 5.60 Å². The Bertz CT molecular complexity index is 839. The monoisotopic (exact) mass is 419 g/mol. The first-order valence-electron chi connectivity index (χ1n) is 9.66. The maximum Gasteiger partial charge on any atom is 0.410 e. The minimum Gasteiger partial charge on any atom is -0.493 e. The van der Waals surface area contributed by atoms with Gasteiger partial charge < -0.3 is 19.1 Å². The van der Waals surface area contributed by atoms with Crippen molar-refractivity contribution in [2.75, 3.05) is 40.4 Å². The number of thiazole rings is 1. The van der Waals surface area contributed by atoms with Gasteiger partial charge in [-0.15, -0.1) is 11.3 Å². The first-order chi connectivity index (χ1) is 13.8. The van der Waals surface area contributed by atoms with Crippen molar-refractivity contribution < 1.29 is 19.0 Å². The molecule has 0 N–H and O–H groups in total. The fourth-order valence-corrected chi connectivity index (χ4v) is 3.93. The van der Waals surface area contributed by atoms with Gasteiger partial charge in [0, 0.05) is 43.7 Å². The molecule has 0 aliphatic carbocycles. The largest absolute Gasteiger partial charge is 0.493 e. The summed E-state index contributed by atoms with van der Waals surface area (Å²) in [6.07, 6.45) is -0.235. The van der Waals surface area contributed by atoms with E-state index in [0.29, 0.717) is 24.6 Å². The van der Waals surface area contributed by atoms with Gasteiger partial charge in [-0.3, -0.25) is 4.90 Å². The van der Waals surface area contributed by atoms with Crippen molar-refractivity contribution in [3.8, 4) is 22.1 Å². The molecule has 29 heavy (non-hydrogen) atoms. The average molecular weight is 420 g/mol. The molecule has 3 rings (SSSR count). The third-order valence-electron chi connectivity index (χ3n) is 4.59. The minimum absolute atomic E-state index is 0.235. The molecule has 0 radical (unpaired) electrons. The number of aromatic nitrogens is 1. The van der Waals surface area contributed by atoms with E-state index in [-0.39, 0.29) is 6.09 Å². The van der Waals surface area contributed by atoms with Crippen molar-refractivity contribution in [1.82, 2.24) is 14.8 Å². The lowest BCUT2D eigenvalue weighted by Crippen LogP contribution is -2.49. The Labute approximate surface area is 176 Å². The number of rotatable bonds is 5. The highest BCUT2D eigenvalue weighted by Gasteiger charge is 2.26. The van der Waals surface area contributed by atoms with Gasteiger partial charge in [0.05, 0.1) is 19.9 Å². The molecule has 1 aromatic heterocycles. The Balaban J connectivity index is 1.57. The number of nitrogens with zero attached hydrogens (tertiary/aromatic N) is 3. The van der Waals surface area contributed by atoms with Crippen molar-refractivity contribution in [2.24, 2.45) is 0 Å². The number of ether oxygens (including phenoxy) is 3. The zero-order valence-corrected chi connectivity index (χ0v) is 18.5. The molecule has 2 heterocycles. The summed E-state index contributed by atoms with van der Waals surface area (Å²) in [7, 11) is 3.26. The Morgan fingerprint density at radius 2 is 1.79 bits per heavy atom. The quantitative estimate of drug-likeness (QED) is 0.733. The molecule has 0 bridgehead atoms. The summed E-state index contributed by atoms with van der Waals surface area (Å²) in [5.74, 6) is 1.40. The van der Waals surface area contributed by atoms with Gasteiger partial charge in [-0.1, -0.05) is 0 Å². The predicted molar refractivity (Wildman–Crippen MR) is 114 cm³/mol. The number of hydrogen-bond acceptors (Lipinski definition) is 7. The standard InChI is InChI=1S/C21H29N3O4S/c1-21(2,3)28-20(25)24-10-8-23(9-11-24)13-16-14-29-19(22-16)15-6-7-17(26-4)18(12-15)27-5/h6-7,12,14H,8-11,13H2,1-5H3. The normalized spacial score (nSPS) is 15.3. The van der Waals surface area contributed by atoms with Crippen LogP contribution >= 0.6 is 11.3 Å². The van der Waals surface area contributed by atoms with Gasteiger partial charge in [0.15, 0.2) is 11.5 Å². The highest BCUT2D eigenvalue weighted by molar-refractivity contribution is 7.13. The van der Waals surface area contributed by atoms with Crippen LogP contribution in [0.2, 0.25) is 0 Å². The van der Waals surface area contributed by atoms with Crippen molar-refractivity contribution in [3.63, 3.8) is 0 Å². The summed E-state index contributed by atoms with van der Waals surface area (Å²) in [5.41, 5.74) is 1.58. The maximum absolute atomic E-state index is 12.2. The minimum atomic E-state index is -0.463. The predicted octanol–water partition coefficient (Wildman–Crippen LogP) is 3.88. The number of benzene rings is 1. The highest BCUT2D eigenvalue weighted by Crippen LogP contribution is 2.33. The van der Waals surface area contributed by atoms with Crippen molar-refractivity contribution in [3.05, 3.63) is 29.3 Å². The highest BCUT2D eigenvalue weighted by atomic mass is 32.1. The van der Waals surface area contributed by atoms with Crippen LogP contribution in [0.4, 0.5) is 4.79 Å². The molecule has 0 saturated carbocycles. The number of carbonyl (C=O) groups is 1. The van der Waals surface area contributed by atoms with Crippen molar-refractivity contribution in [1.29, 1.82) is 0 Å². The van der Waals surface area contributed by atoms with E-state index in [0.717, 1.165) is 35.9 Å². The van der Waals surface area contributed by atoms with E-state index in [1.54, 1.807) is 30.5 Å². The molecule has 8 heteroatoms. The van der Waals surface area contributed by atoms with E-state index in [9.17, 15) is 4.79 Å². The van der Waals surface area contributed by atoms with Crippen LogP contribution in [-0.4, -0.2) is 66.9 Å². The molecule has 0 unspecified atom stereocenters. The SMILES string of the molecule is COc1ccc(-c2nc(CN3CCN(C(=O)OC(C)(C)C)CC3)cs2)cc1OC. The molecule has 7 nitrogen and oxygen atoms in total. The fourth-order valence-electron chi connectivity index (χ4n) is 3.13. The molecule has 158 valence electrons. The number of carbonyl (C=O) groups excluding carboxylic acids is 1. The lowest BCUT2D eigenvalue weighted by molar-refractivity contribution is 0.0138. The lowest BCUT2D eigenvalue weighted by atomic mass is 10.2. The van der Waals surface area contributed by atoms with Crippen molar-refractivity contribution in [2.45, 2.75) is 32.9 Å². The molecule has 1 aliphatic heterocycles. The molecule has 1 aromatic carbocycles. The molecule has 0 atom stereocenters. The number of amides is 1. The first kappa shape index (κ1) is 21.4. The van der Waals surface area contributed by atoms with Gasteiger partial charge in [0.2, 0.25) is 0 Å². The summed E-state index contributed by atoms with van der Waals surface area (Å²) in [6.45, 7) is 9.39. The summed E-state index contributed by atoms with van der Waals surface area (Å²) in [6, 6.07) is 5.83. The maximum atomic E-state index is 12.2. The zero-order chi connectivity index (χ0) is 21.0. The molecular formula is C21H29N3O4S. The average Bonchev–Trinajstić information content (AvgIpc) is 3.15.